The SMILES string of the molecule is CC[C@H](C)[C@H](NC(=O)[C@@H]1CCCN1C(=O)CNC(=O)[C@H](C)NC(=O)[C@H](Cc1cnc[nH]1)NC(=O)CC(C)C)C(=O)N[C@@H](C)C(N)=O. The van der Waals surface area contributed by atoms with E-state index in [4.69, 9.17) is 5.73 Å². The highest BCUT2D eigenvalue weighted by molar-refractivity contribution is 5.96. The quantitative estimate of drug-likeness (QED) is 0.106. The van der Waals surface area contributed by atoms with Crippen LogP contribution in [-0.4, -0.2) is 99.5 Å². The maximum atomic E-state index is 13.2. The summed E-state index contributed by atoms with van der Waals surface area (Å²) in [5, 5.41) is 13.0. The molecule has 1 aliphatic heterocycles. The Bertz CT molecular complexity index is 1240. The van der Waals surface area contributed by atoms with Crippen molar-refractivity contribution in [3.63, 3.8) is 0 Å². The molecular weight excluding hydrogens is 598 g/mol. The van der Waals surface area contributed by atoms with E-state index in [1.54, 1.807) is 6.92 Å². The molecule has 0 unspecified atom stereocenters. The number of imidazole rings is 1. The summed E-state index contributed by atoms with van der Waals surface area (Å²) in [5.74, 6) is -4.01. The van der Waals surface area contributed by atoms with Crippen LogP contribution in [0, 0.1) is 11.8 Å². The van der Waals surface area contributed by atoms with Crippen molar-refractivity contribution < 1.29 is 33.6 Å². The van der Waals surface area contributed by atoms with Gasteiger partial charge in [-0.15, -0.1) is 0 Å². The number of hydrogen-bond donors (Lipinski definition) is 7. The van der Waals surface area contributed by atoms with Crippen molar-refractivity contribution in [3.05, 3.63) is 18.2 Å². The number of carbonyl (C=O) groups is 7. The highest BCUT2D eigenvalue weighted by Gasteiger charge is 2.37. The molecular formula is C30H49N9O7. The van der Waals surface area contributed by atoms with E-state index in [-0.39, 0.29) is 37.1 Å². The molecule has 0 aromatic carbocycles. The number of rotatable bonds is 17. The van der Waals surface area contributed by atoms with Gasteiger partial charge in [-0.25, -0.2) is 4.98 Å². The molecule has 2 heterocycles. The van der Waals surface area contributed by atoms with Gasteiger partial charge in [-0.2, -0.15) is 0 Å². The molecule has 0 radical (unpaired) electrons. The number of amides is 7. The van der Waals surface area contributed by atoms with E-state index in [1.807, 2.05) is 20.8 Å². The lowest BCUT2D eigenvalue weighted by atomic mass is 9.97. The zero-order valence-corrected chi connectivity index (χ0v) is 27.5. The number of aromatic nitrogens is 2. The predicted octanol–water partition coefficient (Wildman–Crippen LogP) is -1.38. The highest BCUT2D eigenvalue weighted by Crippen LogP contribution is 2.19. The Hall–Kier alpha value is -4.50. The zero-order chi connectivity index (χ0) is 34.6. The molecule has 6 atom stereocenters. The van der Waals surface area contributed by atoms with Gasteiger partial charge in [-0.05, 0) is 38.5 Å². The number of primary amides is 1. The first-order valence-electron chi connectivity index (χ1n) is 15.7. The molecule has 256 valence electrons. The first-order chi connectivity index (χ1) is 21.6. The minimum Gasteiger partial charge on any atom is -0.368 e. The molecule has 0 bridgehead atoms. The van der Waals surface area contributed by atoms with Crippen molar-refractivity contribution in [1.82, 2.24) is 41.5 Å². The van der Waals surface area contributed by atoms with Crippen LogP contribution in [0.1, 0.15) is 72.9 Å². The van der Waals surface area contributed by atoms with Gasteiger partial charge in [0.25, 0.3) is 0 Å². The van der Waals surface area contributed by atoms with E-state index >= 15 is 0 Å². The van der Waals surface area contributed by atoms with Gasteiger partial charge in [0.15, 0.2) is 0 Å². The maximum Gasteiger partial charge on any atom is 0.243 e. The molecule has 16 heteroatoms. The summed E-state index contributed by atoms with van der Waals surface area (Å²) >= 11 is 0. The summed E-state index contributed by atoms with van der Waals surface area (Å²) in [6, 6.07) is -4.74. The van der Waals surface area contributed by atoms with Crippen LogP contribution < -0.4 is 32.3 Å². The molecule has 0 saturated carbocycles. The third-order valence-corrected chi connectivity index (χ3v) is 7.84. The van der Waals surface area contributed by atoms with Crippen LogP contribution in [0.25, 0.3) is 0 Å². The number of hydrogen-bond acceptors (Lipinski definition) is 8. The summed E-state index contributed by atoms with van der Waals surface area (Å²) in [6.07, 6.45) is 4.81. The fraction of sp³-hybridized carbons (Fsp3) is 0.667. The Morgan fingerprint density at radius 1 is 0.957 bits per heavy atom. The molecule has 7 amide bonds. The second-order valence-electron chi connectivity index (χ2n) is 12.2. The average molecular weight is 648 g/mol. The van der Waals surface area contributed by atoms with Gasteiger partial charge < -0.3 is 42.2 Å². The number of nitrogens with zero attached hydrogens (tertiary/aromatic N) is 2. The van der Waals surface area contributed by atoms with Crippen molar-refractivity contribution >= 4 is 41.4 Å². The van der Waals surface area contributed by atoms with Crippen LogP contribution in [-0.2, 0) is 40.0 Å². The molecule has 1 saturated heterocycles. The predicted molar refractivity (Wildman–Crippen MR) is 167 cm³/mol. The zero-order valence-electron chi connectivity index (χ0n) is 27.5. The third kappa shape index (κ3) is 11.5. The topological polar surface area (TPSA) is 238 Å². The molecule has 1 aromatic rings. The molecule has 8 N–H and O–H groups in total. The number of likely N-dealkylation sites (tertiary alicyclic amines) is 1. The van der Waals surface area contributed by atoms with E-state index in [2.05, 4.69) is 36.6 Å². The number of carbonyl (C=O) groups excluding carboxylic acids is 7. The maximum absolute atomic E-state index is 13.2. The van der Waals surface area contributed by atoms with E-state index < -0.39 is 72.2 Å². The smallest absolute Gasteiger partial charge is 0.243 e. The molecule has 0 spiro atoms. The monoisotopic (exact) mass is 647 g/mol. The van der Waals surface area contributed by atoms with E-state index in [9.17, 15) is 33.6 Å². The third-order valence-electron chi connectivity index (χ3n) is 7.84. The van der Waals surface area contributed by atoms with Crippen LogP contribution in [0.5, 0.6) is 0 Å². The first kappa shape index (κ1) is 37.7. The Labute approximate surface area is 269 Å². The molecule has 1 aromatic heterocycles. The van der Waals surface area contributed by atoms with Gasteiger partial charge >= 0.3 is 0 Å². The van der Waals surface area contributed by atoms with Gasteiger partial charge in [0.2, 0.25) is 41.4 Å². The number of nitrogens with two attached hydrogens (primary N) is 1. The van der Waals surface area contributed by atoms with Gasteiger partial charge in [0.1, 0.15) is 30.2 Å². The minimum atomic E-state index is -1.04. The second-order valence-corrected chi connectivity index (χ2v) is 12.2. The van der Waals surface area contributed by atoms with Gasteiger partial charge in [0.05, 0.1) is 12.9 Å². The fourth-order valence-corrected chi connectivity index (χ4v) is 4.91. The standard InChI is InChI=1S/C30H49N9O7/c1-7-17(4)25(30(46)35-18(5)26(31)42)38-29(45)22-9-8-10-39(22)24(41)14-33-27(43)19(6)36-28(44)21(12-20-13-32-15-34-20)37-23(40)11-16(2)3/h13,15-19,21-22,25H,7-12,14H2,1-6H3,(H2,31,42)(H,32,34)(H,33,43)(H,35,46)(H,36,44)(H,37,40)(H,38,45)/t17-,18-,19-,21-,22-,25-/m0/s1. The molecule has 1 aliphatic rings. The lowest BCUT2D eigenvalue weighted by molar-refractivity contribution is -0.140. The van der Waals surface area contributed by atoms with Crippen LogP contribution in [0.2, 0.25) is 0 Å². The molecule has 0 aliphatic carbocycles. The molecule has 16 nitrogen and oxygen atoms in total. The fourth-order valence-electron chi connectivity index (χ4n) is 4.91. The Balaban J connectivity index is 1.98. The van der Waals surface area contributed by atoms with Gasteiger partial charge in [-0.1, -0.05) is 34.1 Å². The van der Waals surface area contributed by atoms with Crippen molar-refractivity contribution in [3.8, 4) is 0 Å². The van der Waals surface area contributed by atoms with Gasteiger partial charge in [0, 0.05) is 31.3 Å². The van der Waals surface area contributed by atoms with Crippen LogP contribution in [0.3, 0.4) is 0 Å². The first-order valence-corrected chi connectivity index (χ1v) is 15.7. The second kappa shape index (κ2) is 17.8. The normalized spacial score (nSPS) is 17.6. The summed E-state index contributed by atoms with van der Waals surface area (Å²) in [5.41, 5.74) is 5.87. The van der Waals surface area contributed by atoms with E-state index in [0.717, 1.165) is 0 Å². The van der Waals surface area contributed by atoms with Crippen molar-refractivity contribution in [1.29, 1.82) is 0 Å². The lowest BCUT2D eigenvalue weighted by Crippen LogP contribution is -2.58. The van der Waals surface area contributed by atoms with Crippen molar-refractivity contribution in [2.45, 2.75) is 104 Å². The number of H-pyrrole nitrogens is 1. The largest absolute Gasteiger partial charge is 0.368 e. The number of aromatic amines is 1. The summed E-state index contributed by atoms with van der Waals surface area (Å²) in [6.45, 7) is 10.2. The Morgan fingerprint density at radius 3 is 2.22 bits per heavy atom. The summed E-state index contributed by atoms with van der Waals surface area (Å²) < 4.78 is 0. The summed E-state index contributed by atoms with van der Waals surface area (Å²) in [7, 11) is 0. The Kier molecular flexibility index (Phi) is 14.6. The Morgan fingerprint density at radius 2 is 1.63 bits per heavy atom. The van der Waals surface area contributed by atoms with Crippen molar-refractivity contribution in [2.75, 3.05) is 13.1 Å². The van der Waals surface area contributed by atoms with E-state index in [0.29, 0.717) is 25.0 Å². The molecule has 46 heavy (non-hydrogen) atoms. The molecule has 2 rings (SSSR count). The summed E-state index contributed by atoms with van der Waals surface area (Å²) in [4.78, 5) is 97.0. The number of nitrogens with one attached hydrogen (secondary N) is 6. The van der Waals surface area contributed by atoms with Gasteiger partial charge in [-0.3, -0.25) is 33.6 Å². The van der Waals surface area contributed by atoms with Crippen molar-refractivity contribution in [2.24, 2.45) is 17.6 Å². The average Bonchev–Trinajstić information content (AvgIpc) is 3.69. The van der Waals surface area contributed by atoms with Crippen LogP contribution in [0.15, 0.2) is 12.5 Å². The molecule has 1 fully saturated rings. The lowest BCUT2D eigenvalue weighted by Gasteiger charge is -2.29. The highest BCUT2D eigenvalue weighted by atomic mass is 16.2. The van der Waals surface area contributed by atoms with E-state index in [1.165, 1.54) is 31.3 Å². The van der Waals surface area contributed by atoms with Crippen LogP contribution >= 0.6 is 0 Å². The minimum absolute atomic E-state index is 0.0808. The van der Waals surface area contributed by atoms with Crippen LogP contribution in [0.4, 0.5) is 0 Å².